The van der Waals surface area contributed by atoms with Gasteiger partial charge in [-0.1, -0.05) is 0 Å². The molecule has 0 aliphatic carbocycles. The number of aromatic nitrogens is 3. The molecule has 5 nitrogen and oxygen atoms in total. The minimum Gasteiger partial charge on any atom is -0.347 e. The lowest BCUT2D eigenvalue weighted by atomic mass is 10.2. The van der Waals surface area contributed by atoms with E-state index in [-0.39, 0.29) is 0 Å². The van der Waals surface area contributed by atoms with E-state index in [1.54, 1.807) is 12.5 Å². The first-order valence-electron chi connectivity index (χ1n) is 5.45. The lowest BCUT2D eigenvalue weighted by molar-refractivity contribution is 0.677. The van der Waals surface area contributed by atoms with E-state index in [0.29, 0.717) is 5.69 Å². The van der Waals surface area contributed by atoms with Crippen LogP contribution in [0.2, 0.25) is 0 Å². The number of hydrogen-bond acceptors (Lipinski definition) is 3. The zero-order chi connectivity index (χ0) is 12.3. The highest BCUT2D eigenvalue weighted by molar-refractivity contribution is 5.34. The molecular formula is C12H15N5. The molecule has 0 aromatic carbocycles. The molecule has 17 heavy (non-hydrogen) atoms. The van der Waals surface area contributed by atoms with E-state index in [4.69, 9.17) is 5.26 Å². The van der Waals surface area contributed by atoms with Gasteiger partial charge in [0.05, 0.1) is 6.33 Å². The van der Waals surface area contributed by atoms with Crippen molar-refractivity contribution in [2.45, 2.75) is 20.0 Å². The summed E-state index contributed by atoms with van der Waals surface area (Å²) in [6, 6.07) is 4.11. The van der Waals surface area contributed by atoms with E-state index in [2.05, 4.69) is 21.4 Å². The van der Waals surface area contributed by atoms with Crippen LogP contribution in [0.1, 0.15) is 22.6 Å². The predicted molar refractivity (Wildman–Crippen MR) is 64.0 cm³/mol. The SMILES string of the molecule is Cc1c(CNCc2cnc[nH]2)cc(C#N)n1C. The maximum absolute atomic E-state index is 8.93. The highest BCUT2D eigenvalue weighted by Gasteiger charge is 2.07. The van der Waals surface area contributed by atoms with E-state index in [1.807, 2.05) is 24.6 Å². The molecule has 2 N–H and O–H groups in total. The molecule has 88 valence electrons. The Labute approximate surface area is 100 Å². The maximum Gasteiger partial charge on any atom is 0.120 e. The minimum atomic E-state index is 0.695. The highest BCUT2D eigenvalue weighted by Crippen LogP contribution is 2.13. The number of nitrogens with zero attached hydrogens (tertiary/aromatic N) is 3. The van der Waals surface area contributed by atoms with Gasteiger partial charge in [-0.15, -0.1) is 0 Å². The normalized spacial score (nSPS) is 10.4. The Morgan fingerprint density at radius 3 is 2.94 bits per heavy atom. The van der Waals surface area contributed by atoms with Gasteiger partial charge < -0.3 is 14.9 Å². The second kappa shape index (κ2) is 4.85. The molecule has 0 saturated heterocycles. The van der Waals surface area contributed by atoms with Gasteiger partial charge in [-0.3, -0.25) is 0 Å². The smallest absolute Gasteiger partial charge is 0.120 e. The molecule has 5 heteroatoms. The van der Waals surface area contributed by atoms with Crippen LogP contribution in [0.25, 0.3) is 0 Å². The fourth-order valence-electron chi connectivity index (χ4n) is 1.76. The molecule has 0 spiro atoms. The van der Waals surface area contributed by atoms with Crippen molar-refractivity contribution in [1.82, 2.24) is 19.9 Å². The average Bonchev–Trinajstić information content (AvgIpc) is 2.92. The first kappa shape index (κ1) is 11.4. The Morgan fingerprint density at radius 1 is 1.53 bits per heavy atom. The molecule has 2 aromatic rings. The van der Waals surface area contributed by atoms with Gasteiger partial charge in [-0.2, -0.15) is 5.26 Å². The third-order valence-electron chi connectivity index (χ3n) is 2.94. The minimum absolute atomic E-state index is 0.695. The van der Waals surface area contributed by atoms with E-state index in [0.717, 1.165) is 30.0 Å². The first-order valence-corrected chi connectivity index (χ1v) is 5.45. The Balaban J connectivity index is 1.98. The fraction of sp³-hybridized carbons (Fsp3) is 0.333. The van der Waals surface area contributed by atoms with Crippen molar-refractivity contribution in [2.75, 3.05) is 0 Å². The fourth-order valence-corrected chi connectivity index (χ4v) is 1.76. The van der Waals surface area contributed by atoms with Gasteiger partial charge in [0.1, 0.15) is 11.8 Å². The summed E-state index contributed by atoms with van der Waals surface area (Å²) in [7, 11) is 1.91. The lowest BCUT2D eigenvalue weighted by Gasteiger charge is -2.03. The van der Waals surface area contributed by atoms with Crippen LogP contribution in [-0.4, -0.2) is 14.5 Å². The van der Waals surface area contributed by atoms with Gasteiger partial charge >= 0.3 is 0 Å². The van der Waals surface area contributed by atoms with Crippen LogP contribution in [0.4, 0.5) is 0 Å². The molecule has 0 radical (unpaired) electrons. The maximum atomic E-state index is 8.93. The van der Waals surface area contributed by atoms with Crippen LogP contribution in [-0.2, 0) is 20.1 Å². The van der Waals surface area contributed by atoms with Crippen LogP contribution in [0.3, 0.4) is 0 Å². The van der Waals surface area contributed by atoms with Gasteiger partial charge in [0.2, 0.25) is 0 Å². The van der Waals surface area contributed by atoms with Gasteiger partial charge in [0, 0.05) is 37.7 Å². The molecule has 0 unspecified atom stereocenters. The third kappa shape index (κ3) is 2.37. The largest absolute Gasteiger partial charge is 0.347 e. The van der Waals surface area contributed by atoms with Crippen LogP contribution < -0.4 is 5.32 Å². The van der Waals surface area contributed by atoms with E-state index < -0.39 is 0 Å². The zero-order valence-electron chi connectivity index (χ0n) is 9.99. The predicted octanol–water partition coefficient (Wildman–Crippen LogP) is 1.22. The Kier molecular flexibility index (Phi) is 3.26. The van der Waals surface area contributed by atoms with Gasteiger partial charge in [0.15, 0.2) is 0 Å². The molecule has 0 fully saturated rings. The number of hydrogen-bond donors (Lipinski definition) is 2. The number of nitrogens with one attached hydrogen (secondary N) is 2. The van der Waals surface area contributed by atoms with Crippen molar-refractivity contribution >= 4 is 0 Å². The highest BCUT2D eigenvalue weighted by atomic mass is 15.0. The average molecular weight is 229 g/mol. The van der Waals surface area contributed by atoms with Crippen molar-refractivity contribution in [3.05, 3.63) is 41.2 Å². The van der Waals surface area contributed by atoms with Crippen LogP contribution in [0, 0.1) is 18.3 Å². The lowest BCUT2D eigenvalue weighted by Crippen LogP contribution is -2.13. The molecule has 0 atom stereocenters. The summed E-state index contributed by atoms with van der Waals surface area (Å²) in [5.41, 5.74) is 4.03. The molecular weight excluding hydrogens is 214 g/mol. The number of nitriles is 1. The summed E-state index contributed by atoms with van der Waals surface area (Å²) < 4.78 is 1.91. The molecule has 2 heterocycles. The summed E-state index contributed by atoms with van der Waals surface area (Å²) in [4.78, 5) is 6.99. The van der Waals surface area contributed by atoms with Gasteiger partial charge in [-0.25, -0.2) is 4.98 Å². The third-order valence-corrected chi connectivity index (χ3v) is 2.94. The van der Waals surface area contributed by atoms with Crippen LogP contribution in [0.5, 0.6) is 0 Å². The van der Waals surface area contributed by atoms with E-state index in [9.17, 15) is 0 Å². The summed E-state index contributed by atoms with van der Waals surface area (Å²) in [5.74, 6) is 0. The summed E-state index contributed by atoms with van der Waals surface area (Å²) in [5, 5.41) is 12.2. The molecule has 0 aliphatic heterocycles. The summed E-state index contributed by atoms with van der Waals surface area (Å²) in [6.07, 6.45) is 3.46. The summed E-state index contributed by atoms with van der Waals surface area (Å²) >= 11 is 0. The first-order chi connectivity index (χ1) is 8.22. The zero-order valence-corrected chi connectivity index (χ0v) is 9.99. The quantitative estimate of drug-likeness (QED) is 0.828. The molecule has 0 aliphatic rings. The van der Waals surface area contributed by atoms with Crippen LogP contribution >= 0.6 is 0 Å². The standard InChI is InChI=1S/C12H15N5/c1-9-10(3-12(4-13)17(9)2)5-14-6-11-7-15-8-16-11/h3,7-8,14H,5-6H2,1-2H3,(H,15,16). The second-order valence-corrected chi connectivity index (χ2v) is 3.99. The Morgan fingerprint density at radius 2 is 2.35 bits per heavy atom. The topological polar surface area (TPSA) is 69.4 Å². The number of H-pyrrole nitrogens is 1. The summed E-state index contributed by atoms with van der Waals surface area (Å²) in [6.45, 7) is 3.52. The van der Waals surface area contributed by atoms with Crippen molar-refractivity contribution in [3.8, 4) is 6.07 Å². The monoisotopic (exact) mass is 229 g/mol. The van der Waals surface area contributed by atoms with Crippen LogP contribution in [0.15, 0.2) is 18.6 Å². The number of imidazole rings is 1. The van der Waals surface area contributed by atoms with E-state index in [1.165, 1.54) is 0 Å². The molecule has 2 aromatic heterocycles. The molecule has 2 rings (SSSR count). The molecule has 0 bridgehead atoms. The second-order valence-electron chi connectivity index (χ2n) is 3.99. The van der Waals surface area contributed by atoms with Crippen molar-refractivity contribution in [1.29, 1.82) is 5.26 Å². The van der Waals surface area contributed by atoms with Gasteiger partial charge in [-0.05, 0) is 18.6 Å². The van der Waals surface area contributed by atoms with Gasteiger partial charge in [0.25, 0.3) is 0 Å². The molecule has 0 saturated carbocycles. The van der Waals surface area contributed by atoms with Crippen molar-refractivity contribution in [2.24, 2.45) is 7.05 Å². The number of rotatable bonds is 4. The Hall–Kier alpha value is -2.06. The van der Waals surface area contributed by atoms with Crippen molar-refractivity contribution < 1.29 is 0 Å². The molecule has 0 amide bonds. The van der Waals surface area contributed by atoms with Crippen molar-refractivity contribution in [3.63, 3.8) is 0 Å². The van der Waals surface area contributed by atoms with E-state index >= 15 is 0 Å². The number of aromatic amines is 1. The Bertz CT molecular complexity index is 530.